The van der Waals surface area contributed by atoms with Crippen LogP contribution in [0.1, 0.15) is 23.2 Å². The summed E-state index contributed by atoms with van der Waals surface area (Å²) in [4.78, 5) is 13.6. The Morgan fingerprint density at radius 1 is 1.50 bits per heavy atom. The van der Waals surface area contributed by atoms with Crippen molar-refractivity contribution in [1.29, 1.82) is 0 Å². The molecule has 0 heterocycles. The number of hydrogen-bond acceptors (Lipinski definition) is 2. The number of nitrogen functional groups attached to an aromatic ring is 1. The van der Waals surface area contributed by atoms with Crippen LogP contribution in [-0.4, -0.2) is 23.4 Å². The van der Waals surface area contributed by atoms with E-state index in [9.17, 15) is 13.6 Å². The fourth-order valence-electron chi connectivity index (χ4n) is 1.84. The zero-order chi connectivity index (χ0) is 13.3. The molecule has 1 aliphatic rings. The molecule has 0 saturated heterocycles. The van der Waals surface area contributed by atoms with E-state index in [1.54, 1.807) is 6.08 Å². The van der Waals surface area contributed by atoms with Gasteiger partial charge in [0.15, 0.2) is 5.82 Å². The Morgan fingerprint density at radius 3 is 2.72 bits per heavy atom. The Hall–Kier alpha value is -1.91. The van der Waals surface area contributed by atoms with Crippen LogP contribution in [0.15, 0.2) is 24.8 Å². The van der Waals surface area contributed by atoms with E-state index >= 15 is 0 Å². The smallest absolute Gasteiger partial charge is 0.257 e. The summed E-state index contributed by atoms with van der Waals surface area (Å²) in [5.41, 5.74) is 4.65. The van der Waals surface area contributed by atoms with Crippen molar-refractivity contribution >= 4 is 11.6 Å². The highest BCUT2D eigenvalue weighted by molar-refractivity contribution is 5.96. The van der Waals surface area contributed by atoms with Crippen LogP contribution in [0.3, 0.4) is 0 Å². The third-order valence-electron chi connectivity index (χ3n) is 2.87. The molecule has 96 valence electrons. The predicted molar refractivity (Wildman–Crippen MR) is 65.0 cm³/mol. The first-order chi connectivity index (χ1) is 8.54. The minimum Gasteiger partial charge on any atom is -0.396 e. The van der Waals surface area contributed by atoms with Crippen molar-refractivity contribution in [3.8, 4) is 0 Å². The molecule has 0 aliphatic heterocycles. The third-order valence-corrected chi connectivity index (χ3v) is 2.87. The molecule has 1 saturated carbocycles. The molecule has 2 rings (SSSR count). The van der Waals surface area contributed by atoms with Crippen LogP contribution in [0.25, 0.3) is 0 Å². The average Bonchev–Trinajstić information content (AvgIpc) is 3.14. The molecule has 0 spiro atoms. The molecule has 0 radical (unpaired) electrons. The lowest BCUT2D eigenvalue weighted by Crippen LogP contribution is -2.34. The van der Waals surface area contributed by atoms with Crippen LogP contribution in [0.2, 0.25) is 0 Å². The van der Waals surface area contributed by atoms with Crippen LogP contribution in [0, 0.1) is 11.6 Å². The highest BCUT2D eigenvalue weighted by Gasteiger charge is 2.33. The van der Waals surface area contributed by atoms with Crippen LogP contribution in [0.5, 0.6) is 0 Å². The fraction of sp³-hybridized carbons (Fsp3) is 0.308. The van der Waals surface area contributed by atoms with Crippen molar-refractivity contribution in [2.24, 2.45) is 0 Å². The maximum atomic E-state index is 13.8. The quantitative estimate of drug-likeness (QED) is 0.660. The van der Waals surface area contributed by atoms with E-state index in [0.717, 1.165) is 25.0 Å². The molecule has 0 bridgehead atoms. The van der Waals surface area contributed by atoms with E-state index in [2.05, 4.69) is 6.58 Å². The topological polar surface area (TPSA) is 46.3 Å². The molecule has 1 aliphatic carbocycles. The summed E-state index contributed by atoms with van der Waals surface area (Å²) >= 11 is 0. The summed E-state index contributed by atoms with van der Waals surface area (Å²) in [5, 5.41) is 0. The van der Waals surface area contributed by atoms with Crippen molar-refractivity contribution in [2.75, 3.05) is 12.3 Å². The molecule has 0 atom stereocenters. The van der Waals surface area contributed by atoms with Gasteiger partial charge in [-0.1, -0.05) is 6.08 Å². The summed E-state index contributed by atoms with van der Waals surface area (Å²) in [7, 11) is 0. The monoisotopic (exact) mass is 252 g/mol. The number of halogens is 2. The van der Waals surface area contributed by atoms with Crippen LogP contribution >= 0.6 is 0 Å². The standard InChI is InChI=1S/C13H14F2N2O/c1-2-5-17(9-3-4-9)13(18)10-6-8(14)7-11(16)12(10)15/h2,6-7,9H,1,3-5,16H2. The lowest BCUT2D eigenvalue weighted by molar-refractivity contribution is 0.0757. The summed E-state index contributed by atoms with van der Waals surface area (Å²) in [6, 6.07) is 1.84. The zero-order valence-electron chi connectivity index (χ0n) is 9.83. The van der Waals surface area contributed by atoms with Crippen LogP contribution in [-0.2, 0) is 0 Å². The number of carbonyl (C=O) groups excluding carboxylic acids is 1. The molecule has 1 aromatic rings. The Kier molecular flexibility index (Phi) is 3.32. The number of benzene rings is 1. The molecular weight excluding hydrogens is 238 g/mol. The molecule has 0 aromatic heterocycles. The van der Waals surface area contributed by atoms with Crippen LogP contribution < -0.4 is 5.73 Å². The second-order valence-corrected chi connectivity index (χ2v) is 4.33. The predicted octanol–water partition coefficient (Wildman–Crippen LogP) is 2.34. The molecular formula is C13H14F2N2O. The molecule has 18 heavy (non-hydrogen) atoms. The number of nitrogens with zero attached hydrogens (tertiary/aromatic N) is 1. The zero-order valence-corrected chi connectivity index (χ0v) is 9.83. The molecule has 3 nitrogen and oxygen atoms in total. The largest absolute Gasteiger partial charge is 0.396 e. The number of rotatable bonds is 4. The number of carbonyl (C=O) groups is 1. The Morgan fingerprint density at radius 2 is 2.17 bits per heavy atom. The fourth-order valence-corrected chi connectivity index (χ4v) is 1.84. The van der Waals surface area contributed by atoms with Gasteiger partial charge in [0.25, 0.3) is 5.91 Å². The SMILES string of the molecule is C=CCN(C(=O)c1cc(F)cc(N)c1F)C1CC1. The molecule has 0 unspecified atom stereocenters. The van der Waals surface area contributed by atoms with E-state index < -0.39 is 17.5 Å². The lowest BCUT2D eigenvalue weighted by Gasteiger charge is -2.21. The Balaban J connectivity index is 2.34. The number of amides is 1. The van der Waals surface area contributed by atoms with E-state index in [1.165, 1.54) is 4.90 Å². The van der Waals surface area contributed by atoms with Crippen molar-refractivity contribution in [3.63, 3.8) is 0 Å². The van der Waals surface area contributed by atoms with Crippen molar-refractivity contribution in [3.05, 3.63) is 42.0 Å². The minimum atomic E-state index is -0.865. The highest BCUT2D eigenvalue weighted by atomic mass is 19.1. The molecule has 2 N–H and O–H groups in total. The first kappa shape index (κ1) is 12.5. The summed E-state index contributed by atoms with van der Waals surface area (Å²) in [5.74, 6) is -2.12. The number of hydrogen-bond donors (Lipinski definition) is 1. The van der Waals surface area contributed by atoms with Gasteiger partial charge in [-0.15, -0.1) is 6.58 Å². The molecule has 1 fully saturated rings. The molecule has 1 aromatic carbocycles. The van der Waals surface area contributed by atoms with E-state index in [-0.39, 0.29) is 17.3 Å². The van der Waals surface area contributed by atoms with Gasteiger partial charge in [0, 0.05) is 12.6 Å². The van der Waals surface area contributed by atoms with E-state index in [0.29, 0.717) is 6.54 Å². The molecule has 1 amide bonds. The van der Waals surface area contributed by atoms with E-state index in [1.807, 2.05) is 0 Å². The summed E-state index contributed by atoms with van der Waals surface area (Å²) < 4.78 is 26.9. The number of nitrogens with two attached hydrogens (primary N) is 1. The number of anilines is 1. The lowest BCUT2D eigenvalue weighted by atomic mass is 10.1. The maximum absolute atomic E-state index is 13.8. The Labute approximate surface area is 104 Å². The van der Waals surface area contributed by atoms with Gasteiger partial charge >= 0.3 is 0 Å². The van der Waals surface area contributed by atoms with Gasteiger partial charge in [-0.05, 0) is 25.0 Å². The minimum absolute atomic E-state index is 0.0967. The average molecular weight is 252 g/mol. The highest BCUT2D eigenvalue weighted by Crippen LogP contribution is 2.29. The van der Waals surface area contributed by atoms with E-state index in [4.69, 9.17) is 5.73 Å². The van der Waals surface area contributed by atoms with Crippen LogP contribution in [0.4, 0.5) is 14.5 Å². The van der Waals surface area contributed by atoms with Gasteiger partial charge in [0.1, 0.15) is 5.82 Å². The maximum Gasteiger partial charge on any atom is 0.257 e. The van der Waals surface area contributed by atoms with Gasteiger partial charge in [0.05, 0.1) is 11.3 Å². The molecule has 5 heteroatoms. The van der Waals surface area contributed by atoms with Gasteiger partial charge in [0.2, 0.25) is 0 Å². The van der Waals surface area contributed by atoms with Gasteiger partial charge in [-0.3, -0.25) is 4.79 Å². The van der Waals surface area contributed by atoms with Crippen molar-refractivity contribution in [2.45, 2.75) is 18.9 Å². The summed E-state index contributed by atoms with van der Waals surface area (Å²) in [6.45, 7) is 3.88. The third kappa shape index (κ3) is 2.34. The second kappa shape index (κ2) is 4.76. The first-order valence-corrected chi connectivity index (χ1v) is 5.71. The van der Waals surface area contributed by atoms with Crippen molar-refractivity contribution in [1.82, 2.24) is 4.90 Å². The second-order valence-electron chi connectivity index (χ2n) is 4.33. The van der Waals surface area contributed by atoms with Crippen molar-refractivity contribution < 1.29 is 13.6 Å². The normalized spacial score (nSPS) is 14.3. The van der Waals surface area contributed by atoms with Gasteiger partial charge in [-0.25, -0.2) is 8.78 Å². The first-order valence-electron chi connectivity index (χ1n) is 5.71. The van der Waals surface area contributed by atoms with Gasteiger partial charge in [-0.2, -0.15) is 0 Å². The van der Waals surface area contributed by atoms with Gasteiger partial charge < -0.3 is 10.6 Å². The Bertz CT molecular complexity index is 498. The summed E-state index contributed by atoms with van der Waals surface area (Å²) in [6.07, 6.45) is 3.33.